The standard InChI is InChI=1S/C24H32N4O3/c1-28-22(29)15-19(23(28)18-7-3-2-4-8-18)16-26-24(27-17-21-10-6-14-31-21)25-12-11-20-9-5-13-30-20/h2-5,7-9,13,19,21,23H,6,10-12,14-17H2,1H3,(H2,25,26,27). The molecular weight excluding hydrogens is 392 g/mol. The molecule has 166 valence electrons. The second-order valence-electron chi connectivity index (χ2n) is 8.29. The van der Waals surface area contributed by atoms with Crippen molar-refractivity contribution in [2.24, 2.45) is 10.9 Å². The summed E-state index contributed by atoms with van der Waals surface area (Å²) < 4.78 is 11.2. The number of amides is 1. The smallest absolute Gasteiger partial charge is 0.223 e. The summed E-state index contributed by atoms with van der Waals surface area (Å²) in [5.74, 6) is 2.02. The van der Waals surface area contributed by atoms with Crippen molar-refractivity contribution in [2.45, 2.75) is 37.8 Å². The average Bonchev–Trinajstić information content (AvgIpc) is 3.54. The van der Waals surface area contributed by atoms with Crippen LogP contribution >= 0.6 is 0 Å². The molecule has 2 fully saturated rings. The molecule has 2 saturated heterocycles. The molecule has 2 N–H and O–H groups in total. The van der Waals surface area contributed by atoms with Gasteiger partial charge in [-0.25, -0.2) is 0 Å². The second kappa shape index (κ2) is 10.5. The Morgan fingerprint density at radius 1 is 1.19 bits per heavy atom. The molecular formula is C24H32N4O3. The Kier molecular flexibility index (Phi) is 7.25. The first-order chi connectivity index (χ1) is 15.2. The number of ether oxygens (including phenoxy) is 1. The van der Waals surface area contributed by atoms with Crippen LogP contribution in [0.25, 0.3) is 0 Å². The van der Waals surface area contributed by atoms with Gasteiger partial charge in [0.15, 0.2) is 5.96 Å². The zero-order chi connectivity index (χ0) is 21.5. The zero-order valence-corrected chi connectivity index (χ0v) is 18.1. The minimum atomic E-state index is 0.0555. The van der Waals surface area contributed by atoms with E-state index in [4.69, 9.17) is 14.1 Å². The lowest BCUT2D eigenvalue weighted by Crippen LogP contribution is -2.42. The summed E-state index contributed by atoms with van der Waals surface area (Å²) in [5, 5.41) is 6.84. The van der Waals surface area contributed by atoms with Crippen molar-refractivity contribution >= 4 is 11.9 Å². The Labute approximate surface area is 183 Å². The first-order valence-corrected chi connectivity index (χ1v) is 11.2. The van der Waals surface area contributed by atoms with Crippen molar-refractivity contribution in [3.05, 3.63) is 60.1 Å². The third-order valence-corrected chi connectivity index (χ3v) is 6.08. The van der Waals surface area contributed by atoms with Crippen LogP contribution in [0.1, 0.15) is 36.6 Å². The first kappa shape index (κ1) is 21.4. The molecule has 3 heterocycles. The molecule has 3 unspecified atom stereocenters. The highest BCUT2D eigenvalue weighted by atomic mass is 16.5. The lowest BCUT2D eigenvalue weighted by atomic mass is 9.94. The molecule has 1 aromatic carbocycles. The Bertz CT molecular complexity index is 847. The van der Waals surface area contributed by atoms with Gasteiger partial charge in [-0.15, -0.1) is 0 Å². The van der Waals surface area contributed by atoms with E-state index in [2.05, 4.69) is 22.8 Å². The van der Waals surface area contributed by atoms with Gasteiger partial charge in [-0.3, -0.25) is 9.79 Å². The molecule has 1 aromatic heterocycles. The van der Waals surface area contributed by atoms with E-state index >= 15 is 0 Å². The summed E-state index contributed by atoms with van der Waals surface area (Å²) in [4.78, 5) is 19.2. The number of hydrogen-bond donors (Lipinski definition) is 2. The predicted octanol–water partition coefficient (Wildman–Crippen LogP) is 2.76. The van der Waals surface area contributed by atoms with Crippen molar-refractivity contribution < 1.29 is 13.9 Å². The number of carbonyl (C=O) groups is 1. The lowest BCUT2D eigenvalue weighted by Gasteiger charge is -2.25. The van der Waals surface area contributed by atoms with Crippen LogP contribution in [-0.2, 0) is 16.0 Å². The molecule has 2 aromatic rings. The van der Waals surface area contributed by atoms with Crippen LogP contribution in [0, 0.1) is 5.92 Å². The molecule has 31 heavy (non-hydrogen) atoms. The molecule has 0 bridgehead atoms. The topological polar surface area (TPSA) is 79.1 Å². The minimum absolute atomic E-state index is 0.0555. The van der Waals surface area contributed by atoms with E-state index in [1.807, 2.05) is 42.3 Å². The number of guanidine groups is 1. The Balaban J connectivity index is 1.41. The van der Waals surface area contributed by atoms with E-state index in [9.17, 15) is 4.79 Å². The largest absolute Gasteiger partial charge is 0.469 e. The minimum Gasteiger partial charge on any atom is -0.469 e. The van der Waals surface area contributed by atoms with E-state index < -0.39 is 0 Å². The average molecular weight is 425 g/mol. The van der Waals surface area contributed by atoms with Crippen molar-refractivity contribution in [2.75, 3.05) is 33.3 Å². The summed E-state index contributed by atoms with van der Waals surface area (Å²) in [5.41, 5.74) is 1.16. The highest BCUT2D eigenvalue weighted by Crippen LogP contribution is 2.36. The maximum Gasteiger partial charge on any atom is 0.223 e. The summed E-state index contributed by atoms with van der Waals surface area (Å²) >= 11 is 0. The number of hydrogen-bond acceptors (Lipinski definition) is 4. The molecule has 7 nitrogen and oxygen atoms in total. The van der Waals surface area contributed by atoms with E-state index in [-0.39, 0.29) is 24.0 Å². The van der Waals surface area contributed by atoms with E-state index in [1.165, 1.54) is 0 Å². The maximum atomic E-state index is 12.4. The van der Waals surface area contributed by atoms with E-state index in [1.54, 1.807) is 6.26 Å². The number of likely N-dealkylation sites (tertiary alicyclic amines) is 1. The highest BCUT2D eigenvalue weighted by molar-refractivity contribution is 5.81. The number of furan rings is 1. The number of nitrogens with one attached hydrogen (secondary N) is 2. The zero-order valence-electron chi connectivity index (χ0n) is 18.1. The van der Waals surface area contributed by atoms with Gasteiger partial charge in [-0.05, 0) is 30.5 Å². The highest BCUT2D eigenvalue weighted by Gasteiger charge is 2.38. The summed E-state index contributed by atoms with van der Waals surface area (Å²) in [6.45, 7) is 2.87. The van der Waals surface area contributed by atoms with Gasteiger partial charge in [-0.2, -0.15) is 0 Å². The molecule has 0 saturated carbocycles. The van der Waals surface area contributed by atoms with Gasteiger partial charge < -0.3 is 24.7 Å². The fourth-order valence-electron chi connectivity index (χ4n) is 4.42. The van der Waals surface area contributed by atoms with Crippen LogP contribution in [-0.4, -0.2) is 56.2 Å². The number of carbonyl (C=O) groups excluding carboxylic acids is 1. The Hall–Kier alpha value is -2.80. The maximum absolute atomic E-state index is 12.4. The molecule has 4 rings (SSSR count). The number of benzene rings is 1. The van der Waals surface area contributed by atoms with Gasteiger partial charge in [0.1, 0.15) is 5.76 Å². The fourth-order valence-corrected chi connectivity index (χ4v) is 4.42. The first-order valence-electron chi connectivity index (χ1n) is 11.2. The predicted molar refractivity (Wildman–Crippen MR) is 120 cm³/mol. The molecule has 3 atom stereocenters. The second-order valence-corrected chi connectivity index (χ2v) is 8.29. The third kappa shape index (κ3) is 5.67. The summed E-state index contributed by atoms with van der Waals surface area (Å²) in [7, 11) is 1.89. The van der Waals surface area contributed by atoms with Crippen LogP contribution in [0.4, 0.5) is 0 Å². The molecule has 7 heteroatoms. The third-order valence-electron chi connectivity index (χ3n) is 6.08. The number of rotatable bonds is 8. The Morgan fingerprint density at radius 3 is 2.81 bits per heavy atom. The summed E-state index contributed by atoms with van der Waals surface area (Å²) in [6.07, 6.45) is 5.41. The van der Waals surface area contributed by atoms with Crippen LogP contribution in [0.15, 0.2) is 58.1 Å². The van der Waals surface area contributed by atoms with Gasteiger partial charge >= 0.3 is 0 Å². The molecule has 1 amide bonds. The van der Waals surface area contributed by atoms with Crippen LogP contribution in [0.3, 0.4) is 0 Å². The van der Waals surface area contributed by atoms with Crippen molar-refractivity contribution in [3.8, 4) is 0 Å². The van der Waals surface area contributed by atoms with E-state index in [0.29, 0.717) is 13.0 Å². The molecule has 0 spiro atoms. The SMILES string of the molecule is CN1C(=O)CC(CN=C(NCCc2ccco2)NCC2CCCO2)C1c1ccccc1. The number of aliphatic imine (C=N–C) groups is 1. The van der Waals surface area contributed by atoms with Crippen LogP contribution < -0.4 is 10.6 Å². The van der Waals surface area contributed by atoms with Crippen molar-refractivity contribution in [3.63, 3.8) is 0 Å². The van der Waals surface area contributed by atoms with Crippen molar-refractivity contribution in [1.82, 2.24) is 15.5 Å². The molecule has 0 radical (unpaired) electrons. The van der Waals surface area contributed by atoms with Crippen LogP contribution in [0.5, 0.6) is 0 Å². The van der Waals surface area contributed by atoms with Gasteiger partial charge in [-0.1, -0.05) is 30.3 Å². The lowest BCUT2D eigenvalue weighted by molar-refractivity contribution is -0.127. The fraction of sp³-hybridized carbons (Fsp3) is 0.500. The molecule has 2 aliphatic heterocycles. The monoisotopic (exact) mass is 424 g/mol. The van der Waals surface area contributed by atoms with Gasteiger partial charge in [0.05, 0.1) is 18.4 Å². The summed E-state index contributed by atoms with van der Waals surface area (Å²) in [6, 6.07) is 14.2. The Morgan fingerprint density at radius 2 is 2.06 bits per heavy atom. The van der Waals surface area contributed by atoms with Crippen molar-refractivity contribution in [1.29, 1.82) is 0 Å². The van der Waals surface area contributed by atoms with E-state index in [0.717, 1.165) is 56.2 Å². The number of nitrogens with zero attached hydrogens (tertiary/aromatic N) is 2. The normalized spacial score (nSPS) is 24.0. The van der Waals surface area contributed by atoms with Gasteiger partial charge in [0.2, 0.25) is 5.91 Å². The van der Waals surface area contributed by atoms with Gasteiger partial charge in [0.25, 0.3) is 0 Å². The quantitative estimate of drug-likeness (QED) is 0.503. The molecule has 0 aliphatic carbocycles. The van der Waals surface area contributed by atoms with Crippen LogP contribution in [0.2, 0.25) is 0 Å². The molecule has 2 aliphatic rings. The van der Waals surface area contributed by atoms with Gasteiger partial charge in [0, 0.05) is 52.0 Å².